The standard InChI is InChI=1S/C17H30N2O2.ClH/c18-13-17(4-2-1-3-5-17)12-15(20)19-9-6-16(14-19)7-10-21-11-8-16;/h1-14,18H2;1H. The van der Waals surface area contributed by atoms with Gasteiger partial charge in [-0.3, -0.25) is 4.79 Å². The molecular formula is C17H31ClN2O2. The molecule has 3 rings (SSSR count). The van der Waals surface area contributed by atoms with Gasteiger partial charge in [-0.05, 0) is 49.5 Å². The van der Waals surface area contributed by atoms with Crippen LogP contribution < -0.4 is 5.73 Å². The van der Waals surface area contributed by atoms with Crippen LogP contribution in [0, 0.1) is 10.8 Å². The molecule has 0 radical (unpaired) electrons. The first kappa shape index (κ1) is 18.0. The number of nitrogens with two attached hydrogens (primary N) is 1. The highest BCUT2D eigenvalue weighted by atomic mass is 35.5. The smallest absolute Gasteiger partial charge is 0.223 e. The molecule has 1 amide bonds. The Hall–Kier alpha value is -0.320. The number of ether oxygens (including phenoxy) is 1. The van der Waals surface area contributed by atoms with Crippen molar-refractivity contribution in [1.29, 1.82) is 0 Å². The summed E-state index contributed by atoms with van der Waals surface area (Å²) in [4.78, 5) is 14.9. The number of likely N-dealkylation sites (tertiary alicyclic amines) is 1. The second-order valence-corrected chi connectivity index (χ2v) is 7.62. The fourth-order valence-corrected chi connectivity index (χ4v) is 4.55. The van der Waals surface area contributed by atoms with Crippen molar-refractivity contribution < 1.29 is 9.53 Å². The van der Waals surface area contributed by atoms with Crippen molar-refractivity contribution >= 4 is 18.3 Å². The number of hydrogen-bond donors (Lipinski definition) is 1. The van der Waals surface area contributed by atoms with Crippen LogP contribution in [0.5, 0.6) is 0 Å². The second-order valence-electron chi connectivity index (χ2n) is 7.62. The van der Waals surface area contributed by atoms with Gasteiger partial charge in [0.1, 0.15) is 0 Å². The highest BCUT2D eigenvalue weighted by Gasteiger charge is 2.42. The van der Waals surface area contributed by atoms with Gasteiger partial charge in [-0.15, -0.1) is 12.4 Å². The van der Waals surface area contributed by atoms with Crippen LogP contribution in [-0.2, 0) is 9.53 Å². The van der Waals surface area contributed by atoms with Gasteiger partial charge in [-0.2, -0.15) is 0 Å². The number of carbonyl (C=O) groups excluding carboxylic acids is 1. The van der Waals surface area contributed by atoms with E-state index in [1.807, 2.05) is 0 Å². The largest absolute Gasteiger partial charge is 0.381 e. The van der Waals surface area contributed by atoms with Gasteiger partial charge < -0.3 is 15.4 Å². The van der Waals surface area contributed by atoms with E-state index in [1.165, 1.54) is 19.3 Å². The first-order valence-electron chi connectivity index (χ1n) is 8.73. The molecule has 2 N–H and O–H groups in total. The van der Waals surface area contributed by atoms with Crippen molar-refractivity contribution in [3.63, 3.8) is 0 Å². The molecule has 2 saturated heterocycles. The maximum atomic E-state index is 12.7. The van der Waals surface area contributed by atoms with Crippen LogP contribution in [-0.4, -0.2) is 43.7 Å². The van der Waals surface area contributed by atoms with Crippen LogP contribution >= 0.6 is 12.4 Å². The minimum absolute atomic E-state index is 0. The van der Waals surface area contributed by atoms with E-state index in [-0.39, 0.29) is 17.8 Å². The van der Waals surface area contributed by atoms with Crippen molar-refractivity contribution in [2.45, 2.75) is 57.8 Å². The molecular weight excluding hydrogens is 300 g/mol. The van der Waals surface area contributed by atoms with Crippen LogP contribution in [0.25, 0.3) is 0 Å². The molecule has 22 heavy (non-hydrogen) atoms. The van der Waals surface area contributed by atoms with Gasteiger partial charge in [0, 0.05) is 32.7 Å². The van der Waals surface area contributed by atoms with E-state index in [9.17, 15) is 4.79 Å². The number of nitrogens with zero attached hydrogens (tertiary/aromatic N) is 1. The van der Waals surface area contributed by atoms with Gasteiger partial charge >= 0.3 is 0 Å². The lowest BCUT2D eigenvalue weighted by molar-refractivity contribution is -0.133. The molecule has 0 bridgehead atoms. The Morgan fingerprint density at radius 1 is 1.05 bits per heavy atom. The summed E-state index contributed by atoms with van der Waals surface area (Å²) in [5.74, 6) is 0.353. The lowest BCUT2D eigenvalue weighted by Crippen LogP contribution is -2.41. The monoisotopic (exact) mass is 330 g/mol. The Bertz CT molecular complexity index is 377. The Balaban J connectivity index is 0.00000176. The highest BCUT2D eigenvalue weighted by molar-refractivity contribution is 5.85. The van der Waals surface area contributed by atoms with Gasteiger partial charge in [0.15, 0.2) is 0 Å². The third kappa shape index (κ3) is 3.77. The van der Waals surface area contributed by atoms with Crippen molar-refractivity contribution in [1.82, 2.24) is 4.90 Å². The molecule has 5 heteroatoms. The van der Waals surface area contributed by atoms with E-state index >= 15 is 0 Å². The Morgan fingerprint density at radius 3 is 2.36 bits per heavy atom. The molecule has 2 aliphatic heterocycles. The molecule has 128 valence electrons. The lowest BCUT2D eigenvalue weighted by Gasteiger charge is -2.37. The van der Waals surface area contributed by atoms with Gasteiger partial charge in [0.2, 0.25) is 5.91 Å². The quantitative estimate of drug-likeness (QED) is 0.865. The summed E-state index contributed by atoms with van der Waals surface area (Å²) in [6.07, 6.45) is 10.2. The minimum Gasteiger partial charge on any atom is -0.381 e. The molecule has 0 aromatic heterocycles. The molecule has 2 heterocycles. The van der Waals surface area contributed by atoms with Gasteiger partial charge in [-0.25, -0.2) is 0 Å². The fourth-order valence-electron chi connectivity index (χ4n) is 4.55. The molecule has 1 aliphatic carbocycles. The van der Waals surface area contributed by atoms with Gasteiger partial charge in [0.25, 0.3) is 0 Å². The number of halogens is 1. The topological polar surface area (TPSA) is 55.6 Å². The van der Waals surface area contributed by atoms with Crippen LogP contribution in [0.15, 0.2) is 0 Å². The van der Waals surface area contributed by atoms with E-state index in [1.54, 1.807) is 0 Å². The third-order valence-electron chi connectivity index (χ3n) is 6.22. The van der Waals surface area contributed by atoms with Gasteiger partial charge in [-0.1, -0.05) is 19.3 Å². The van der Waals surface area contributed by atoms with Crippen LogP contribution in [0.4, 0.5) is 0 Å². The molecule has 1 spiro atoms. The first-order valence-corrected chi connectivity index (χ1v) is 8.73. The van der Waals surface area contributed by atoms with Crippen LogP contribution in [0.1, 0.15) is 57.8 Å². The first-order chi connectivity index (χ1) is 10.2. The maximum Gasteiger partial charge on any atom is 0.223 e. The van der Waals surface area contributed by atoms with Crippen molar-refractivity contribution in [3.8, 4) is 0 Å². The second kappa shape index (κ2) is 7.50. The number of amides is 1. The third-order valence-corrected chi connectivity index (χ3v) is 6.22. The normalized spacial score (nSPS) is 26.7. The Labute approximate surface area is 140 Å². The number of rotatable bonds is 3. The zero-order valence-electron chi connectivity index (χ0n) is 13.6. The summed E-state index contributed by atoms with van der Waals surface area (Å²) in [5, 5.41) is 0. The van der Waals surface area contributed by atoms with E-state index in [2.05, 4.69) is 4.90 Å². The zero-order chi connectivity index (χ0) is 14.8. The predicted molar refractivity (Wildman–Crippen MR) is 90.1 cm³/mol. The summed E-state index contributed by atoms with van der Waals surface area (Å²) in [5.41, 5.74) is 6.49. The van der Waals surface area contributed by atoms with Crippen LogP contribution in [0.2, 0.25) is 0 Å². The average molecular weight is 331 g/mol. The van der Waals surface area contributed by atoms with Crippen molar-refractivity contribution in [3.05, 3.63) is 0 Å². The molecule has 0 aromatic rings. The summed E-state index contributed by atoms with van der Waals surface area (Å²) in [7, 11) is 0. The van der Waals surface area contributed by atoms with E-state index < -0.39 is 0 Å². The van der Waals surface area contributed by atoms with E-state index in [0.29, 0.717) is 24.3 Å². The molecule has 0 atom stereocenters. The summed E-state index contributed by atoms with van der Waals surface area (Å²) < 4.78 is 5.49. The molecule has 4 nitrogen and oxygen atoms in total. The average Bonchev–Trinajstić information content (AvgIpc) is 2.93. The molecule has 3 aliphatic rings. The summed E-state index contributed by atoms with van der Waals surface area (Å²) in [6.45, 7) is 4.31. The Kier molecular flexibility index (Phi) is 6.14. The molecule has 0 aromatic carbocycles. The molecule has 1 saturated carbocycles. The van der Waals surface area contributed by atoms with Gasteiger partial charge in [0.05, 0.1) is 0 Å². The minimum atomic E-state index is 0. The number of hydrogen-bond acceptors (Lipinski definition) is 3. The maximum absolute atomic E-state index is 12.7. The summed E-state index contributed by atoms with van der Waals surface area (Å²) in [6, 6.07) is 0. The number of carbonyl (C=O) groups is 1. The van der Waals surface area contributed by atoms with Crippen molar-refractivity contribution in [2.75, 3.05) is 32.8 Å². The highest BCUT2D eigenvalue weighted by Crippen LogP contribution is 2.42. The van der Waals surface area contributed by atoms with Crippen LogP contribution in [0.3, 0.4) is 0 Å². The van der Waals surface area contributed by atoms with Crippen molar-refractivity contribution in [2.24, 2.45) is 16.6 Å². The SMILES string of the molecule is Cl.NCC1(CC(=O)N2CCC3(CCOCC3)C2)CCCCC1. The Morgan fingerprint density at radius 2 is 1.73 bits per heavy atom. The fraction of sp³-hybridized carbons (Fsp3) is 0.941. The lowest BCUT2D eigenvalue weighted by atomic mass is 9.71. The van der Waals surface area contributed by atoms with E-state index in [4.69, 9.17) is 10.5 Å². The predicted octanol–water partition coefficient (Wildman–Crippen LogP) is 2.74. The zero-order valence-corrected chi connectivity index (χ0v) is 14.5. The molecule has 0 unspecified atom stereocenters. The van der Waals surface area contributed by atoms with E-state index in [0.717, 1.165) is 58.4 Å². The molecule has 3 fully saturated rings. The summed E-state index contributed by atoms with van der Waals surface area (Å²) >= 11 is 0.